The van der Waals surface area contributed by atoms with Gasteiger partial charge in [0, 0.05) is 30.7 Å². The van der Waals surface area contributed by atoms with Crippen LogP contribution in [-0.4, -0.2) is 20.7 Å². The number of rotatable bonds is 3. The van der Waals surface area contributed by atoms with Crippen LogP contribution in [0.5, 0.6) is 0 Å². The molecule has 5 nitrogen and oxygen atoms in total. The van der Waals surface area contributed by atoms with Crippen LogP contribution < -0.4 is 5.32 Å². The number of carbonyl (C=O) groups excluding carboxylic acids is 1. The van der Waals surface area contributed by atoms with Crippen molar-refractivity contribution in [3.05, 3.63) is 65.6 Å². The van der Waals surface area contributed by atoms with Gasteiger partial charge < -0.3 is 5.32 Å². The Kier molecular flexibility index (Phi) is 4.50. The zero-order chi connectivity index (χ0) is 18.9. The maximum Gasteiger partial charge on any atom is 0.417 e. The monoisotopic (exact) mass is 360 g/mol. The molecule has 0 aliphatic rings. The zero-order valence-corrected chi connectivity index (χ0v) is 14.0. The van der Waals surface area contributed by atoms with E-state index >= 15 is 0 Å². The van der Waals surface area contributed by atoms with Gasteiger partial charge in [-0.3, -0.25) is 14.5 Å². The first-order chi connectivity index (χ1) is 12.3. The summed E-state index contributed by atoms with van der Waals surface area (Å²) in [6.07, 6.45) is -1.68. The number of pyridine rings is 1. The number of alkyl halides is 3. The predicted molar refractivity (Wildman–Crippen MR) is 90.6 cm³/mol. The van der Waals surface area contributed by atoms with Crippen molar-refractivity contribution in [3.63, 3.8) is 0 Å². The summed E-state index contributed by atoms with van der Waals surface area (Å²) in [5.41, 5.74) is 0.385. The van der Waals surface area contributed by atoms with Crippen LogP contribution in [0.15, 0.2) is 48.8 Å². The molecule has 0 saturated carbocycles. The summed E-state index contributed by atoms with van der Waals surface area (Å²) < 4.78 is 41.3. The number of amides is 1. The normalized spacial score (nSPS) is 11.4. The minimum atomic E-state index is -4.52. The fraction of sp³-hybridized carbons (Fsp3) is 0.167. The summed E-state index contributed by atoms with van der Waals surface area (Å²) in [6.45, 7) is 1.78. The van der Waals surface area contributed by atoms with Crippen LogP contribution in [0.1, 0.15) is 21.6 Å². The zero-order valence-electron chi connectivity index (χ0n) is 14.0. The molecule has 0 bridgehead atoms. The van der Waals surface area contributed by atoms with Gasteiger partial charge in [-0.1, -0.05) is 18.2 Å². The molecule has 0 unspecified atom stereocenters. The van der Waals surface area contributed by atoms with E-state index in [9.17, 15) is 18.0 Å². The van der Waals surface area contributed by atoms with Gasteiger partial charge >= 0.3 is 6.18 Å². The van der Waals surface area contributed by atoms with Crippen LogP contribution in [0.4, 0.5) is 19.0 Å². The number of halogens is 3. The van der Waals surface area contributed by atoms with E-state index in [1.165, 1.54) is 35.3 Å². The van der Waals surface area contributed by atoms with Gasteiger partial charge in [0.2, 0.25) is 0 Å². The van der Waals surface area contributed by atoms with Gasteiger partial charge in [0.1, 0.15) is 0 Å². The molecule has 26 heavy (non-hydrogen) atoms. The van der Waals surface area contributed by atoms with E-state index in [2.05, 4.69) is 15.4 Å². The molecule has 0 fully saturated rings. The number of nitrogens with zero attached hydrogens (tertiary/aromatic N) is 3. The molecule has 0 aliphatic carbocycles. The second-order valence-corrected chi connectivity index (χ2v) is 5.75. The standard InChI is InChI=1S/C18H15F3N4O/c1-11-7-8-12(9-22-11)17(26)23-16-14(10-25(2)24-16)13-5-3-4-6-15(13)18(19,20)21/h3-10H,1-2H3,(H,23,24,26). The average Bonchev–Trinajstić information content (AvgIpc) is 2.95. The van der Waals surface area contributed by atoms with E-state index in [0.29, 0.717) is 0 Å². The molecule has 3 aromatic rings. The first-order valence-corrected chi connectivity index (χ1v) is 7.70. The lowest BCUT2D eigenvalue weighted by Gasteiger charge is -2.12. The average molecular weight is 360 g/mol. The third kappa shape index (κ3) is 3.58. The molecule has 1 N–H and O–H groups in total. The summed E-state index contributed by atoms with van der Waals surface area (Å²) >= 11 is 0. The molecule has 0 radical (unpaired) electrons. The molecule has 1 aromatic carbocycles. The van der Waals surface area contributed by atoms with Gasteiger partial charge in [-0.2, -0.15) is 18.3 Å². The first kappa shape index (κ1) is 17.7. The van der Waals surface area contributed by atoms with Crippen molar-refractivity contribution in [1.82, 2.24) is 14.8 Å². The number of hydrogen-bond donors (Lipinski definition) is 1. The molecule has 3 rings (SSSR count). The SMILES string of the molecule is Cc1ccc(C(=O)Nc2nn(C)cc2-c2ccccc2C(F)(F)F)cn1. The Morgan fingerprint density at radius 1 is 1.12 bits per heavy atom. The number of aryl methyl sites for hydroxylation is 2. The lowest BCUT2D eigenvalue weighted by atomic mass is 10.0. The highest BCUT2D eigenvalue weighted by atomic mass is 19.4. The van der Waals surface area contributed by atoms with Crippen molar-refractivity contribution in [2.75, 3.05) is 5.32 Å². The lowest BCUT2D eigenvalue weighted by Crippen LogP contribution is -2.14. The molecule has 1 amide bonds. The third-order valence-electron chi connectivity index (χ3n) is 3.76. The highest BCUT2D eigenvalue weighted by molar-refractivity contribution is 6.05. The highest BCUT2D eigenvalue weighted by Crippen LogP contribution is 2.39. The molecule has 2 heterocycles. The van der Waals surface area contributed by atoms with E-state index in [-0.39, 0.29) is 22.5 Å². The van der Waals surface area contributed by atoms with Crippen LogP contribution in [0.3, 0.4) is 0 Å². The molecule has 8 heteroatoms. The summed E-state index contributed by atoms with van der Waals surface area (Å²) in [6, 6.07) is 8.43. The van der Waals surface area contributed by atoms with Crippen LogP contribution in [0.25, 0.3) is 11.1 Å². The van der Waals surface area contributed by atoms with Crippen LogP contribution in [-0.2, 0) is 13.2 Å². The van der Waals surface area contributed by atoms with Gasteiger partial charge in [0.25, 0.3) is 5.91 Å². The number of carbonyl (C=O) groups is 1. The number of anilines is 1. The maximum absolute atomic E-state index is 13.3. The highest BCUT2D eigenvalue weighted by Gasteiger charge is 2.34. The quantitative estimate of drug-likeness (QED) is 0.766. The molecule has 0 spiro atoms. The largest absolute Gasteiger partial charge is 0.417 e. The maximum atomic E-state index is 13.3. The Bertz CT molecular complexity index is 946. The van der Waals surface area contributed by atoms with E-state index in [1.54, 1.807) is 26.1 Å². The number of hydrogen-bond acceptors (Lipinski definition) is 3. The lowest BCUT2D eigenvalue weighted by molar-refractivity contribution is -0.137. The smallest absolute Gasteiger partial charge is 0.305 e. The molecule has 0 aliphatic heterocycles. The summed E-state index contributed by atoms with van der Waals surface area (Å²) in [5, 5.41) is 6.66. The minimum absolute atomic E-state index is 0.0505. The van der Waals surface area contributed by atoms with Crippen molar-refractivity contribution in [1.29, 1.82) is 0 Å². The predicted octanol–water partition coefficient (Wildman–Crippen LogP) is 4.06. The fourth-order valence-electron chi connectivity index (χ4n) is 2.52. The molecular formula is C18H15F3N4O. The number of aromatic nitrogens is 3. The Labute approximate surface area is 147 Å². The van der Waals surface area contributed by atoms with Gasteiger partial charge in [-0.05, 0) is 30.7 Å². The summed E-state index contributed by atoms with van der Waals surface area (Å²) in [7, 11) is 1.57. The van der Waals surface area contributed by atoms with Crippen molar-refractivity contribution >= 4 is 11.7 Å². The van der Waals surface area contributed by atoms with E-state index in [4.69, 9.17) is 0 Å². The Hall–Kier alpha value is -3.16. The molecule has 134 valence electrons. The van der Waals surface area contributed by atoms with Crippen molar-refractivity contribution in [2.45, 2.75) is 13.1 Å². The van der Waals surface area contributed by atoms with E-state index in [1.807, 2.05) is 0 Å². The van der Waals surface area contributed by atoms with Crippen LogP contribution >= 0.6 is 0 Å². The topological polar surface area (TPSA) is 59.8 Å². The van der Waals surface area contributed by atoms with Gasteiger partial charge in [-0.15, -0.1) is 0 Å². The van der Waals surface area contributed by atoms with Crippen LogP contribution in [0, 0.1) is 6.92 Å². The van der Waals surface area contributed by atoms with E-state index in [0.717, 1.165) is 11.8 Å². The third-order valence-corrected chi connectivity index (χ3v) is 3.76. The first-order valence-electron chi connectivity index (χ1n) is 7.70. The Balaban J connectivity index is 2.00. The van der Waals surface area contributed by atoms with Gasteiger partial charge in [-0.25, -0.2) is 0 Å². The Morgan fingerprint density at radius 2 is 1.85 bits per heavy atom. The molecule has 0 saturated heterocycles. The summed E-state index contributed by atoms with van der Waals surface area (Å²) in [5.74, 6) is -0.447. The summed E-state index contributed by atoms with van der Waals surface area (Å²) in [4.78, 5) is 16.4. The molecular weight excluding hydrogens is 345 g/mol. The van der Waals surface area contributed by atoms with Gasteiger partial charge in [0.05, 0.1) is 11.1 Å². The van der Waals surface area contributed by atoms with Crippen molar-refractivity contribution in [3.8, 4) is 11.1 Å². The minimum Gasteiger partial charge on any atom is -0.305 e. The van der Waals surface area contributed by atoms with Crippen molar-refractivity contribution in [2.24, 2.45) is 7.05 Å². The number of benzene rings is 1. The second-order valence-electron chi connectivity index (χ2n) is 5.75. The molecule has 0 atom stereocenters. The van der Waals surface area contributed by atoms with E-state index < -0.39 is 17.6 Å². The number of nitrogens with one attached hydrogen (secondary N) is 1. The van der Waals surface area contributed by atoms with Crippen molar-refractivity contribution < 1.29 is 18.0 Å². The van der Waals surface area contributed by atoms with Gasteiger partial charge in [0.15, 0.2) is 5.82 Å². The Morgan fingerprint density at radius 3 is 2.50 bits per heavy atom. The van der Waals surface area contributed by atoms with Crippen LogP contribution in [0.2, 0.25) is 0 Å². The second kappa shape index (κ2) is 6.62. The molecule has 2 aromatic heterocycles. The fourth-order valence-corrected chi connectivity index (χ4v) is 2.52.